The molecule has 112 valence electrons. The molecule has 1 saturated carbocycles. The molecule has 0 amide bonds. The minimum atomic E-state index is -0.509. The monoisotopic (exact) mass is 279 g/mol. The van der Waals surface area contributed by atoms with Crippen LogP contribution in [-0.4, -0.2) is 35.4 Å². The highest BCUT2D eigenvalue weighted by Gasteiger charge is 2.48. The van der Waals surface area contributed by atoms with E-state index < -0.39 is 5.54 Å². The second-order valence-electron chi connectivity index (χ2n) is 5.74. The summed E-state index contributed by atoms with van der Waals surface area (Å²) in [7, 11) is 3.33. The first-order valence-electron chi connectivity index (χ1n) is 7.32. The summed E-state index contributed by atoms with van der Waals surface area (Å²) in [6, 6.07) is 2.08. The summed E-state index contributed by atoms with van der Waals surface area (Å²) >= 11 is 0. The Morgan fingerprint density at radius 2 is 2.35 bits per heavy atom. The zero-order valence-corrected chi connectivity index (χ0v) is 12.9. The van der Waals surface area contributed by atoms with Gasteiger partial charge in [-0.15, -0.1) is 0 Å². The maximum absolute atomic E-state index is 12.2. The normalized spacial score (nSPS) is 25.9. The van der Waals surface area contributed by atoms with Gasteiger partial charge in [0.15, 0.2) is 0 Å². The molecule has 1 N–H and O–H groups in total. The van der Waals surface area contributed by atoms with Crippen molar-refractivity contribution in [3.8, 4) is 0 Å². The second kappa shape index (κ2) is 5.95. The molecule has 0 spiro atoms. The summed E-state index contributed by atoms with van der Waals surface area (Å²) in [6.07, 6.45) is 3.93. The van der Waals surface area contributed by atoms with Crippen molar-refractivity contribution in [1.29, 1.82) is 0 Å². The molecule has 1 aromatic heterocycles. The van der Waals surface area contributed by atoms with E-state index in [1.54, 1.807) is 0 Å². The molecule has 1 aliphatic carbocycles. The average Bonchev–Trinajstić information content (AvgIpc) is 2.99. The SMILES string of the molecule is CNC1(C(=O)OC)CCCC1CCn1nc(C)cc1C. The lowest BCUT2D eigenvalue weighted by molar-refractivity contribution is -0.150. The zero-order chi connectivity index (χ0) is 14.8. The average molecular weight is 279 g/mol. The lowest BCUT2D eigenvalue weighted by Gasteiger charge is -2.32. The van der Waals surface area contributed by atoms with Gasteiger partial charge in [-0.25, -0.2) is 0 Å². The quantitative estimate of drug-likeness (QED) is 0.835. The molecule has 0 saturated heterocycles. The van der Waals surface area contributed by atoms with E-state index in [2.05, 4.69) is 23.4 Å². The molecular formula is C15H25N3O2. The fourth-order valence-electron chi connectivity index (χ4n) is 3.53. The molecule has 0 aromatic carbocycles. The fraction of sp³-hybridized carbons (Fsp3) is 0.733. The van der Waals surface area contributed by atoms with Crippen LogP contribution in [0.2, 0.25) is 0 Å². The van der Waals surface area contributed by atoms with E-state index in [0.717, 1.165) is 37.9 Å². The highest BCUT2D eigenvalue weighted by Crippen LogP contribution is 2.39. The second-order valence-corrected chi connectivity index (χ2v) is 5.74. The number of methoxy groups -OCH3 is 1. The van der Waals surface area contributed by atoms with Gasteiger partial charge in [-0.3, -0.25) is 9.48 Å². The summed E-state index contributed by atoms with van der Waals surface area (Å²) in [4.78, 5) is 12.2. The van der Waals surface area contributed by atoms with Crippen LogP contribution in [-0.2, 0) is 16.1 Å². The van der Waals surface area contributed by atoms with Gasteiger partial charge in [0.25, 0.3) is 0 Å². The maximum Gasteiger partial charge on any atom is 0.326 e. The number of aryl methyl sites for hydroxylation is 3. The van der Waals surface area contributed by atoms with Crippen LogP contribution in [0.3, 0.4) is 0 Å². The number of nitrogens with one attached hydrogen (secondary N) is 1. The first kappa shape index (κ1) is 15.0. The topological polar surface area (TPSA) is 56.1 Å². The van der Waals surface area contributed by atoms with Gasteiger partial charge in [-0.1, -0.05) is 6.42 Å². The van der Waals surface area contributed by atoms with Crippen molar-refractivity contribution in [2.75, 3.05) is 14.2 Å². The molecule has 2 unspecified atom stereocenters. The summed E-state index contributed by atoms with van der Waals surface area (Å²) in [5, 5.41) is 7.72. The van der Waals surface area contributed by atoms with Crippen molar-refractivity contribution in [3.63, 3.8) is 0 Å². The number of esters is 1. The van der Waals surface area contributed by atoms with E-state index in [9.17, 15) is 4.79 Å². The van der Waals surface area contributed by atoms with E-state index in [1.165, 1.54) is 12.8 Å². The number of hydrogen-bond acceptors (Lipinski definition) is 4. The largest absolute Gasteiger partial charge is 0.468 e. The zero-order valence-electron chi connectivity index (χ0n) is 12.9. The van der Waals surface area contributed by atoms with E-state index in [-0.39, 0.29) is 5.97 Å². The van der Waals surface area contributed by atoms with Crippen LogP contribution in [0.1, 0.15) is 37.1 Å². The van der Waals surface area contributed by atoms with Crippen molar-refractivity contribution < 1.29 is 9.53 Å². The molecule has 2 rings (SSSR count). The van der Waals surface area contributed by atoms with Crippen LogP contribution in [0, 0.1) is 19.8 Å². The lowest BCUT2D eigenvalue weighted by atomic mass is 9.84. The maximum atomic E-state index is 12.2. The molecule has 1 fully saturated rings. The Morgan fingerprint density at radius 3 is 2.90 bits per heavy atom. The molecular weight excluding hydrogens is 254 g/mol. The minimum absolute atomic E-state index is 0.129. The molecule has 1 aromatic rings. The Labute approximate surface area is 120 Å². The fourth-order valence-corrected chi connectivity index (χ4v) is 3.53. The van der Waals surface area contributed by atoms with E-state index >= 15 is 0 Å². The van der Waals surface area contributed by atoms with Gasteiger partial charge in [-0.2, -0.15) is 5.10 Å². The summed E-state index contributed by atoms with van der Waals surface area (Å²) in [6.45, 7) is 4.93. The van der Waals surface area contributed by atoms with Crippen LogP contribution in [0.15, 0.2) is 6.07 Å². The Hall–Kier alpha value is -1.36. The number of likely N-dealkylation sites (N-methyl/N-ethyl adjacent to an activating group) is 1. The summed E-state index contributed by atoms with van der Waals surface area (Å²) < 4.78 is 7.05. The number of aromatic nitrogens is 2. The smallest absolute Gasteiger partial charge is 0.326 e. The van der Waals surface area contributed by atoms with Gasteiger partial charge in [-0.05, 0) is 52.1 Å². The first-order chi connectivity index (χ1) is 9.53. The highest BCUT2D eigenvalue weighted by atomic mass is 16.5. The standard InChI is InChI=1S/C15H25N3O2/c1-11-10-12(2)18(17-11)9-7-13-6-5-8-15(13,16-3)14(19)20-4/h10,13,16H,5-9H2,1-4H3. The van der Waals surface area contributed by atoms with Crippen molar-refractivity contribution in [2.24, 2.45) is 5.92 Å². The molecule has 5 heteroatoms. The molecule has 0 bridgehead atoms. The van der Waals surface area contributed by atoms with Crippen LogP contribution in [0.25, 0.3) is 0 Å². The third-order valence-electron chi connectivity index (χ3n) is 4.61. The first-order valence-corrected chi connectivity index (χ1v) is 7.32. The molecule has 5 nitrogen and oxygen atoms in total. The van der Waals surface area contributed by atoms with Gasteiger partial charge < -0.3 is 10.1 Å². The Bertz CT molecular complexity index is 483. The van der Waals surface area contributed by atoms with E-state index in [4.69, 9.17) is 4.74 Å². The number of nitrogens with zero attached hydrogens (tertiary/aromatic N) is 2. The molecule has 0 radical (unpaired) electrons. The highest BCUT2D eigenvalue weighted by molar-refractivity contribution is 5.81. The van der Waals surface area contributed by atoms with E-state index in [0.29, 0.717) is 5.92 Å². The van der Waals surface area contributed by atoms with Gasteiger partial charge in [0.2, 0.25) is 0 Å². The number of hydrogen-bond donors (Lipinski definition) is 1. The number of ether oxygens (including phenoxy) is 1. The number of rotatable bonds is 5. The van der Waals surface area contributed by atoms with Gasteiger partial charge in [0, 0.05) is 12.2 Å². The lowest BCUT2D eigenvalue weighted by Crippen LogP contribution is -2.54. The predicted octanol–water partition coefficient (Wildman–Crippen LogP) is 1.82. The minimum Gasteiger partial charge on any atom is -0.468 e. The molecule has 20 heavy (non-hydrogen) atoms. The summed E-state index contributed by atoms with van der Waals surface area (Å²) in [5.41, 5.74) is 1.71. The molecule has 1 aliphatic rings. The third kappa shape index (κ3) is 2.59. The van der Waals surface area contributed by atoms with Gasteiger partial charge in [0.1, 0.15) is 5.54 Å². The van der Waals surface area contributed by atoms with Crippen molar-refractivity contribution >= 4 is 5.97 Å². The molecule has 2 atom stereocenters. The van der Waals surface area contributed by atoms with Crippen molar-refractivity contribution in [2.45, 2.75) is 51.6 Å². The molecule has 0 aliphatic heterocycles. The van der Waals surface area contributed by atoms with Crippen LogP contribution in [0.4, 0.5) is 0 Å². The summed E-state index contributed by atoms with van der Waals surface area (Å²) in [5.74, 6) is 0.180. The third-order valence-corrected chi connectivity index (χ3v) is 4.61. The van der Waals surface area contributed by atoms with Crippen molar-refractivity contribution in [1.82, 2.24) is 15.1 Å². The van der Waals surface area contributed by atoms with E-state index in [1.807, 2.05) is 18.7 Å². The van der Waals surface area contributed by atoms with Crippen molar-refractivity contribution in [3.05, 3.63) is 17.5 Å². The van der Waals surface area contributed by atoms with Gasteiger partial charge >= 0.3 is 5.97 Å². The molecule has 1 heterocycles. The number of carbonyl (C=O) groups excluding carboxylic acids is 1. The Balaban J connectivity index is 2.08. The Morgan fingerprint density at radius 1 is 1.60 bits per heavy atom. The predicted molar refractivity (Wildman–Crippen MR) is 77.5 cm³/mol. The van der Waals surface area contributed by atoms with Gasteiger partial charge in [0.05, 0.1) is 12.8 Å². The van der Waals surface area contributed by atoms with Crippen LogP contribution < -0.4 is 5.32 Å². The van der Waals surface area contributed by atoms with Crippen LogP contribution in [0.5, 0.6) is 0 Å². The Kier molecular flexibility index (Phi) is 4.48. The number of carbonyl (C=O) groups is 1. The van der Waals surface area contributed by atoms with Crippen LogP contribution >= 0.6 is 0 Å².